The number of hydrogen-bond acceptors (Lipinski definition) is 3. The Bertz CT molecular complexity index is 35.2. The van der Waals surface area contributed by atoms with Gasteiger partial charge in [0.15, 0.2) is 0 Å². The first kappa shape index (κ1) is 41.2. The van der Waals surface area contributed by atoms with E-state index in [4.69, 9.17) is 14.4 Å². The fraction of sp³-hybridized carbons (Fsp3) is 0. The van der Waals surface area contributed by atoms with Gasteiger partial charge in [0.2, 0.25) is 0 Å². The number of rotatable bonds is 0. The maximum atomic E-state index is 8.48. The first-order valence-corrected chi connectivity index (χ1v) is 1.64. The Morgan fingerprint density at radius 2 is 0.889 bits per heavy atom. The van der Waals surface area contributed by atoms with Crippen LogP contribution in [-0.2, 0) is 15.5 Å². The fourth-order valence-electron chi connectivity index (χ4n) is 0. The van der Waals surface area contributed by atoms with Gasteiger partial charge in [-0.1, -0.05) is 4.57 Å². The summed E-state index contributed by atoms with van der Waals surface area (Å²) in [6.07, 6.45) is 0. The molecule has 0 fully saturated rings. The van der Waals surface area contributed by atoms with Gasteiger partial charge in [-0.2, -0.15) is 0 Å². The molecular weight excluding hydrogens is 733 g/mol. The van der Waals surface area contributed by atoms with E-state index in [2.05, 4.69) is 0 Å². The molecule has 0 saturated heterocycles. The zero-order valence-corrected chi connectivity index (χ0v) is 16.5. The molecule has 0 N–H and O–H groups in total. The molecule has 0 aromatic heterocycles. The van der Waals surface area contributed by atoms with Gasteiger partial charge in [-0.15, -0.1) is 0 Å². The van der Waals surface area contributed by atoms with E-state index in [0.717, 1.165) is 0 Å². The van der Waals surface area contributed by atoms with E-state index < -0.39 is 8.25 Å². The molecule has 0 heterocycles. The van der Waals surface area contributed by atoms with Crippen molar-refractivity contribution in [2.75, 3.05) is 0 Å². The standard InChI is InChI=1S/HO3P.2O.3Pb/c1-4(2)3;;;;;/h(H,1,2,3);;;;;/q;2*-2;3*+2/p-1. The van der Waals surface area contributed by atoms with Crippen LogP contribution >= 0.6 is 8.25 Å². The van der Waals surface area contributed by atoms with Gasteiger partial charge in [0.05, 0.1) is 0 Å². The molecule has 0 aliphatic carbocycles. The van der Waals surface area contributed by atoms with E-state index in [1.165, 1.54) is 0 Å². The normalized spacial score (nSPS) is 2.89. The molecule has 0 amide bonds. The van der Waals surface area contributed by atoms with Gasteiger partial charge in [-0.3, -0.25) is 0 Å². The van der Waals surface area contributed by atoms with E-state index in [1.54, 1.807) is 0 Å². The van der Waals surface area contributed by atoms with Crippen LogP contribution in [0.25, 0.3) is 0 Å². The Hall–Kier alpha value is 2.71. The van der Waals surface area contributed by atoms with Gasteiger partial charge >= 0.3 is 81.9 Å². The summed E-state index contributed by atoms with van der Waals surface area (Å²) in [5.74, 6) is 0. The average molecular weight is 733 g/mol. The predicted octanol–water partition coefficient (Wildman–Crippen LogP) is -3.02. The summed E-state index contributed by atoms with van der Waals surface area (Å²) in [6, 6.07) is 0. The maximum Gasteiger partial charge on any atom is 2.00 e. The van der Waals surface area contributed by atoms with Crippen LogP contribution in [0.3, 0.4) is 0 Å². The molecule has 0 rings (SSSR count). The van der Waals surface area contributed by atoms with Gasteiger partial charge in [-0.25, -0.2) is 0 Å². The second kappa shape index (κ2) is 31.0. The van der Waals surface area contributed by atoms with E-state index in [9.17, 15) is 0 Å². The van der Waals surface area contributed by atoms with E-state index in [0.29, 0.717) is 0 Å². The zero-order chi connectivity index (χ0) is 3.58. The quantitative estimate of drug-likeness (QED) is 0.195. The van der Waals surface area contributed by atoms with Gasteiger partial charge in [0.25, 0.3) is 8.25 Å². The molecule has 0 unspecified atom stereocenters. The minimum absolute atomic E-state index is 0. The maximum absolute atomic E-state index is 8.48. The summed E-state index contributed by atoms with van der Waals surface area (Å²) in [6.45, 7) is 0. The topological polar surface area (TPSA) is 120 Å². The molecule has 0 spiro atoms. The number of hydrogen-bond donors (Lipinski definition) is 0. The van der Waals surface area contributed by atoms with Crippen LogP contribution in [0.5, 0.6) is 0 Å². The zero-order valence-electron chi connectivity index (χ0n) is 3.99. The Kier molecular flexibility index (Phi) is 142. The van der Waals surface area contributed by atoms with Crippen molar-refractivity contribution in [2.24, 2.45) is 0 Å². The second-order valence-corrected chi connectivity index (χ2v) is 0.671. The van der Waals surface area contributed by atoms with Crippen LogP contribution in [0, 0.1) is 0 Å². The second-order valence-electron chi connectivity index (χ2n) is 0.224. The minimum atomic E-state index is -3.37. The molecule has 46 valence electrons. The van der Waals surface area contributed by atoms with E-state index >= 15 is 0 Å². The van der Waals surface area contributed by atoms with Crippen molar-refractivity contribution in [1.29, 1.82) is 0 Å². The predicted molar refractivity (Wildman–Crippen MR) is 26.2 cm³/mol. The van der Waals surface area contributed by atoms with Gasteiger partial charge < -0.3 is 20.7 Å². The molecule has 6 radical (unpaired) electrons. The Balaban J connectivity index is -0.00000000450. The minimum Gasteiger partial charge on any atom is -2.00 e. The summed E-state index contributed by atoms with van der Waals surface area (Å²) in [7, 11) is -3.37. The summed E-state index contributed by atoms with van der Waals surface area (Å²) in [5, 5.41) is 0. The SMILES string of the molecule is O=[P+]([O-])[O-].[O-2].[O-2].[Pb+2].[Pb+2].[Pb+2]. The first-order chi connectivity index (χ1) is 1.73. The molecule has 0 aromatic carbocycles. The van der Waals surface area contributed by atoms with Gasteiger partial charge in [0, 0.05) is 0 Å². The van der Waals surface area contributed by atoms with E-state index in [-0.39, 0.29) is 92.8 Å². The van der Waals surface area contributed by atoms with Crippen molar-refractivity contribution in [2.45, 2.75) is 0 Å². The van der Waals surface area contributed by atoms with Crippen molar-refractivity contribution >= 4 is 90.2 Å². The van der Waals surface area contributed by atoms with Gasteiger partial charge in [-0.05, 0) is 0 Å². The average Bonchev–Trinajstić information content (AvgIpc) is 0.811. The molecule has 0 aromatic rings. The molecule has 0 aliphatic rings. The summed E-state index contributed by atoms with van der Waals surface area (Å²) in [4.78, 5) is 17.0. The molecule has 0 atom stereocenters. The van der Waals surface area contributed by atoms with Crippen LogP contribution in [0.1, 0.15) is 0 Å². The molecule has 0 aliphatic heterocycles. The van der Waals surface area contributed by atoms with Crippen LogP contribution in [0.4, 0.5) is 0 Å². The molecule has 5 nitrogen and oxygen atoms in total. The molecule has 9 heavy (non-hydrogen) atoms. The van der Waals surface area contributed by atoms with E-state index in [1.807, 2.05) is 0 Å². The molecule has 0 saturated carbocycles. The van der Waals surface area contributed by atoms with Crippen LogP contribution in [0.2, 0.25) is 0 Å². The fourth-order valence-corrected chi connectivity index (χ4v) is 0. The van der Waals surface area contributed by atoms with Crippen molar-refractivity contribution in [1.82, 2.24) is 0 Å². The van der Waals surface area contributed by atoms with Crippen molar-refractivity contribution < 1.29 is 25.3 Å². The summed E-state index contributed by atoms with van der Waals surface area (Å²) in [5.41, 5.74) is 0. The monoisotopic (exact) mass is 735 g/mol. The van der Waals surface area contributed by atoms with Crippen molar-refractivity contribution in [3.63, 3.8) is 0 Å². The van der Waals surface area contributed by atoms with Crippen molar-refractivity contribution in [3.8, 4) is 0 Å². The van der Waals surface area contributed by atoms with Crippen LogP contribution < -0.4 is 9.79 Å². The van der Waals surface area contributed by atoms with Crippen molar-refractivity contribution in [3.05, 3.63) is 0 Å². The Morgan fingerprint density at radius 3 is 0.889 bits per heavy atom. The van der Waals surface area contributed by atoms with Gasteiger partial charge in [0.1, 0.15) is 0 Å². The Labute approximate surface area is 114 Å². The largest absolute Gasteiger partial charge is 2.00 e. The van der Waals surface area contributed by atoms with Crippen LogP contribution in [-0.4, -0.2) is 81.9 Å². The third-order valence-corrected chi connectivity index (χ3v) is 0. The first-order valence-electron chi connectivity index (χ1n) is 0.548. The molecular formula is O5PPb3+. The van der Waals surface area contributed by atoms with Crippen LogP contribution in [0.15, 0.2) is 0 Å². The molecule has 0 bridgehead atoms. The third kappa shape index (κ3) is 111. The Morgan fingerprint density at radius 1 is 0.889 bits per heavy atom. The smallest absolute Gasteiger partial charge is 2.00 e. The third-order valence-electron chi connectivity index (χ3n) is 0. The molecule has 9 heteroatoms. The summed E-state index contributed by atoms with van der Waals surface area (Å²) < 4.78 is 8.48. The summed E-state index contributed by atoms with van der Waals surface area (Å²) >= 11 is 0.